The van der Waals surface area contributed by atoms with Crippen LogP contribution in [0.2, 0.25) is 0 Å². The van der Waals surface area contributed by atoms with Crippen molar-refractivity contribution in [2.75, 3.05) is 19.7 Å². The molecule has 1 aliphatic carbocycles. The van der Waals surface area contributed by atoms with Gasteiger partial charge in [-0.2, -0.15) is 0 Å². The Labute approximate surface area is 297 Å². The molecule has 1 aromatic heterocycles. The summed E-state index contributed by atoms with van der Waals surface area (Å²) < 4.78 is 6.78. The Kier molecular flexibility index (Phi) is 10.8. The lowest BCUT2D eigenvalue weighted by Gasteiger charge is -2.43. The number of likely N-dealkylation sites (tertiary alicyclic amines) is 1. The molecular formula is C41H44N4O6. The number of pyridine rings is 1. The van der Waals surface area contributed by atoms with Crippen LogP contribution in [0.4, 0.5) is 0 Å². The summed E-state index contributed by atoms with van der Waals surface area (Å²) in [6.07, 6.45) is 3.79. The summed E-state index contributed by atoms with van der Waals surface area (Å²) in [6.45, 7) is 2.85. The molecule has 2 aliphatic rings. The first kappa shape index (κ1) is 35.3. The number of fused-ring (bicyclic) bond motifs is 1. The van der Waals surface area contributed by atoms with Gasteiger partial charge in [0.2, 0.25) is 11.8 Å². The SMILES string of the molecule is CCOC(=O)[C@H](Cc1ccccc1)NC(=O)[C@@]1(c2ccccc2)CC[C@H](C(=O)N2CCC(NC(=O)c3cccn(C)c3=O)CC2)c2ccccc21. The van der Waals surface area contributed by atoms with Crippen molar-refractivity contribution in [3.05, 3.63) is 141 Å². The van der Waals surface area contributed by atoms with Crippen LogP contribution in [0.1, 0.15) is 71.1 Å². The van der Waals surface area contributed by atoms with E-state index in [9.17, 15) is 24.0 Å². The first-order valence-corrected chi connectivity index (χ1v) is 17.6. The molecule has 0 radical (unpaired) electrons. The van der Waals surface area contributed by atoms with Gasteiger partial charge in [-0.25, -0.2) is 4.79 Å². The monoisotopic (exact) mass is 688 g/mol. The third-order valence-electron chi connectivity index (χ3n) is 10.2. The molecule has 0 unspecified atom stereocenters. The van der Waals surface area contributed by atoms with E-state index >= 15 is 0 Å². The number of nitrogens with zero attached hydrogens (tertiary/aromatic N) is 2. The summed E-state index contributed by atoms with van der Waals surface area (Å²) in [4.78, 5) is 69.4. The summed E-state index contributed by atoms with van der Waals surface area (Å²) in [7, 11) is 1.61. The molecule has 2 heterocycles. The first-order chi connectivity index (χ1) is 24.7. The molecule has 51 heavy (non-hydrogen) atoms. The highest BCUT2D eigenvalue weighted by Gasteiger charge is 2.49. The minimum atomic E-state index is -1.15. The van der Waals surface area contributed by atoms with E-state index < -0.39 is 29.3 Å². The zero-order valence-corrected chi connectivity index (χ0v) is 29.0. The molecule has 3 amide bonds. The van der Waals surface area contributed by atoms with Gasteiger partial charge in [0, 0.05) is 38.8 Å². The standard InChI is InChI=1S/C41H44N4O6/c1-3-51-39(49)35(27-28-13-6-4-7-14-28)43-40(50)41(29-15-8-5-9-16-29)23-20-32(31-17-10-11-19-34(31)41)38(48)45-25-21-30(22-26-45)42-36(46)33-18-12-24-44(2)37(33)47/h4-19,24,30,32,35H,3,20-23,25-27H2,1-2H3,(H,42,46)(H,43,50)/t32-,35-,41+/m0/s1. The van der Waals surface area contributed by atoms with Crippen molar-refractivity contribution in [3.8, 4) is 0 Å². The number of hydrogen-bond acceptors (Lipinski definition) is 6. The fourth-order valence-corrected chi connectivity index (χ4v) is 7.55. The average Bonchev–Trinajstić information content (AvgIpc) is 3.16. The van der Waals surface area contributed by atoms with E-state index in [-0.39, 0.29) is 42.0 Å². The topological polar surface area (TPSA) is 127 Å². The number of benzene rings is 3. The van der Waals surface area contributed by atoms with E-state index in [1.54, 1.807) is 26.2 Å². The van der Waals surface area contributed by atoms with Gasteiger partial charge in [-0.05, 0) is 67.0 Å². The Morgan fingerprint density at radius 3 is 2.24 bits per heavy atom. The quantitative estimate of drug-likeness (QED) is 0.240. The van der Waals surface area contributed by atoms with Gasteiger partial charge in [0.1, 0.15) is 11.6 Å². The lowest BCUT2D eigenvalue weighted by Crippen LogP contribution is -2.54. The van der Waals surface area contributed by atoms with Crippen LogP contribution in [0.25, 0.3) is 0 Å². The number of carbonyl (C=O) groups is 4. The smallest absolute Gasteiger partial charge is 0.328 e. The maximum Gasteiger partial charge on any atom is 0.328 e. The van der Waals surface area contributed by atoms with Crippen LogP contribution in [-0.2, 0) is 38.0 Å². The molecule has 1 aliphatic heterocycles. The summed E-state index contributed by atoms with van der Waals surface area (Å²) in [5, 5.41) is 6.06. The van der Waals surface area contributed by atoms with Crippen molar-refractivity contribution in [1.29, 1.82) is 0 Å². The van der Waals surface area contributed by atoms with E-state index in [0.29, 0.717) is 38.8 Å². The molecule has 0 bridgehead atoms. The second-order valence-corrected chi connectivity index (χ2v) is 13.3. The molecule has 3 atom stereocenters. The number of esters is 1. The maximum absolute atomic E-state index is 14.8. The molecule has 0 spiro atoms. The zero-order valence-electron chi connectivity index (χ0n) is 29.0. The molecule has 10 nitrogen and oxygen atoms in total. The second-order valence-electron chi connectivity index (χ2n) is 13.3. The molecule has 2 N–H and O–H groups in total. The third kappa shape index (κ3) is 7.36. The number of rotatable bonds is 10. The maximum atomic E-state index is 14.8. The molecule has 0 saturated carbocycles. The number of amides is 3. The van der Waals surface area contributed by atoms with E-state index in [2.05, 4.69) is 10.6 Å². The van der Waals surface area contributed by atoms with Gasteiger partial charge >= 0.3 is 5.97 Å². The summed E-state index contributed by atoms with van der Waals surface area (Å²) in [6, 6.07) is 28.8. The van der Waals surface area contributed by atoms with E-state index in [1.807, 2.05) is 89.8 Å². The number of aromatic nitrogens is 1. The molecule has 6 rings (SSSR count). The van der Waals surface area contributed by atoms with Gasteiger partial charge < -0.3 is 24.8 Å². The van der Waals surface area contributed by atoms with Crippen molar-refractivity contribution >= 4 is 23.7 Å². The lowest BCUT2D eigenvalue weighted by molar-refractivity contribution is -0.148. The van der Waals surface area contributed by atoms with Gasteiger partial charge in [-0.1, -0.05) is 84.9 Å². The summed E-state index contributed by atoms with van der Waals surface area (Å²) in [5.41, 5.74) is 1.80. The van der Waals surface area contributed by atoms with Gasteiger partial charge in [0.25, 0.3) is 11.5 Å². The van der Waals surface area contributed by atoms with Crippen LogP contribution in [0.15, 0.2) is 108 Å². The third-order valence-corrected chi connectivity index (χ3v) is 10.2. The highest BCUT2D eigenvalue weighted by molar-refractivity contribution is 5.97. The van der Waals surface area contributed by atoms with Crippen LogP contribution >= 0.6 is 0 Å². The summed E-state index contributed by atoms with van der Waals surface area (Å²) in [5.74, 6) is -1.70. The van der Waals surface area contributed by atoms with Crippen molar-refractivity contribution in [2.24, 2.45) is 7.05 Å². The number of aryl methyl sites for hydroxylation is 1. The van der Waals surface area contributed by atoms with Crippen LogP contribution in [0, 0.1) is 0 Å². The number of ether oxygens (including phenoxy) is 1. The van der Waals surface area contributed by atoms with Gasteiger partial charge in [0.05, 0.1) is 17.9 Å². The van der Waals surface area contributed by atoms with Crippen LogP contribution < -0.4 is 16.2 Å². The Morgan fingerprint density at radius 2 is 1.53 bits per heavy atom. The Morgan fingerprint density at radius 1 is 0.863 bits per heavy atom. The lowest BCUT2D eigenvalue weighted by atomic mass is 9.62. The predicted molar refractivity (Wildman–Crippen MR) is 193 cm³/mol. The van der Waals surface area contributed by atoms with E-state index in [1.165, 1.54) is 10.6 Å². The minimum absolute atomic E-state index is 0.0142. The highest BCUT2D eigenvalue weighted by Crippen LogP contribution is 2.48. The highest BCUT2D eigenvalue weighted by atomic mass is 16.5. The molecule has 3 aromatic carbocycles. The number of nitrogens with one attached hydrogen (secondary N) is 2. The average molecular weight is 689 g/mol. The Hall–Kier alpha value is -5.51. The molecular weight excluding hydrogens is 644 g/mol. The summed E-state index contributed by atoms with van der Waals surface area (Å²) >= 11 is 0. The van der Waals surface area contributed by atoms with Gasteiger partial charge in [0.15, 0.2) is 0 Å². The zero-order chi connectivity index (χ0) is 36.0. The van der Waals surface area contributed by atoms with Crippen molar-refractivity contribution < 1.29 is 23.9 Å². The molecule has 1 fully saturated rings. The number of piperidine rings is 1. The fraction of sp³-hybridized carbons (Fsp3) is 0.341. The van der Waals surface area contributed by atoms with Crippen LogP contribution in [0.3, 0.4) is 0 Å². The number of carbonyl (C=O) groups excluding carboxylic acids is 4. The predicted octanol–water partition coefficient (Wildman–Crippen LogP) is 4.26. The molecule has 10 heteroatoms. The Balaban J connectivity index is 1.23. The van der Waals surface area contributed by atoms with Crippen LogP contribution in [0.5, 0.6) is 0 Å². The van der Waals surface area contributed by atoms with Crippen molar-refractivity contribution in [2.45, 2.75) is 62.4 Å². The van der Waals surface area contributed by atoms with Crippen molar-refractivity contribution in [1.82, 2.24) is 20.1 Å². The molecule has 1 saturated heterocycles. The molecule has 264 valence electrons. The Bertz CT molecular complexity index is 1940. The normalized spacial score (nSPS) is 19.3. The number of hydrogen-bond donors (Lipinski definition) is 2. The van der Waals surface area contributed by atoms with Gasteiger partial charge in [-0.3, -0.25) is 19.2 Å². The van der Waals surface area contributed by atoms with Crippen LogP contribution in [-0.4, -0.2) is 64.9 Å². The van der Waals surface area contributed by atoms with Crippen molar-refractivity contribution in [3.63, 3.8) is 0 Å². The van der Waals surface area contributed by atoms with E-state index in [0.717, 1.165) is 22.3 Å². The van der Waals surface area contributed by atoms with Gasteiger partial charge in [-0.15, -0.1) is 0 Å². The largest absolute Gasteiger partial charge is 0.464 e. The first-order valence-electron chi connectivity index (χ1n) is 17.6. The molecule has 4 aromatic rings. The second kappa shape index (κ2) is 15.6. The van der Waals surface area contributed by atoms with E-state index in [4.69, 9.17) is 4.74 Å². The minimum Gasteiger partial charge on any atom is -0.464 e. The fourth-order valence-electron chi connectivity index (χ4n) is 7.55.